The Morgan fingerprint density at radius 2 is 1.79 bits per heavy atom. The molecule has 2 aromatic carbocycles. The number of ether oxygens (including phenoxy) is 1. The number of carbonyl (C=O) groups excluding carboxylic acids is 1. The van der Waals surface area contributed by atoms with Crippen molar-refractivity contribution in [3.8, 4) is 17.3 Å². The first-order valence-corrected chi connectivity index (χ1v) is 8.76. The lowest BCUT2D eigenvalue weighted by Crippen LogP contribution is -2.13. The Balaban J connectivity index is 1.46. The van der Waals surface area contributed by atoms with Crippen LogP contribution in [0.3, 0.4) is 0 Å². The molecule has 0 saturated heterocycles. The summed E-state index contributed by atoms with van der Waals surface area (Å²) < 4.78 is 20.3. The Labute approximate surface area is 165 Å². The van der Waals surface area contributed by atoms with Gasteiger partial charge in [0.25, 0.3) is 5.91 Å². The molecule has 8 heteroatoms. The smallest absolute Gasteiger partial charge is 0.259 e. The molecular formula is C21H16FN5O2. The van der Waals surface area contributed by atoms with Gasteiger partial charge in [0.1, 0.15) is 11.6 Å². The molecule has 0 bridgehead atoms. The van der Waals surface area contributed by atoms with Crippen molar-refractivity contribution in [2.45, 2.75) is 6.92 Å². The van der Waals surface area contributed by atoms with Crippen LogP contribution in [-0.4, -0.2) is 25.7 Å². The van der Waals surface area contributed by atoms with E-state index in [1.807, 2.05) is 0 Å². The van der Waals surface area contributed by atoms with E-state index in [-0.39, 0.29) is 11.7 Å². The van der Waals surface area contributed by atoms with Crippen LogP contribution in [0.15, 0.2) is 73.3 Å². The second kappa shape index (κ2) is 7.89. The lowest BCUT2D eigenvalue weighted by atomic mass is 10.2. The van der Waals surface area contributed by atoms with E-state index in [4.69, 9.17) is 4.74 Å². The van der Waals surface area contributed by atoms with Crippen LogP contribution in [0.4, 0.5) is 10.1 Å². The van der Waals surface area contributed by atoms with Gasteiger partial charge in [0.2, 0.25) is 5.88 Å². The minimum absolute atomic E-state index is 0.293. The van der Waals surface area contributed by atoms with Crippen LogP contribution in [0.5, 0.6) is 11.6 Å². The highest BCUT2D eigenvalue weighted by Crippen LogP contribution is 2.22. The number of hydrogen-bond donors (Lipinski definition) is 1. The molecule has 0 aliphatic rings. The Kier molecular flexibility index (Phi) is 4.98. The molecule has 2 aromatic heterocycles. The number of carbonyl (C=O) groups is 1. The van der Waals surface area contributed by atoms with Crippen LogP contribution in [0.2, 0.25) is 0 Å². The van der Waals surface area contributed by atoms with Crippen molar-refractivity contribution in [2.24, 2.45) is 0 Å². The van der Waals surface area contributed by atoms with Crippen LogP contribution in [-0.2, 0) is 0 Å². The maximum Gasteiger partial charge on any atom is 0.259 e. The number of nitrogens with one attached hydrogen (secondary N) is 1. The van der Waals surface area contributed by atoms with Crippen molar-refractivity contribution in [1.82, 2.24) is 19.7 Å². The molecule has 7 nitrogen and oxygen atoms in total. The number of hydrogen-bond acceptors (Lipinski definition) is 5. The molecule has 0 spiro atoms. The Morgan fingerprint density at radius 3 is 2.48 bits per heavy atom. The van der Waals surface area contributed by atoms with Gasteiger partial charge in [-0.15, -0.1) is 0 Å². The number of amides is 1. The molecule has 0 saturated carbocycles. The largest absolute Gasteiger partial charge is 0.438 e. The first-order valence-electron chi connectivity index (χ1n) is 8.76. The highest BCUT2D eigenvalue weighted by atomic mass is 19.1. The molecule has 4 rings (SSSR count). The molecule has 2 heterocycles. The van der Waals surface area contributed by atoms with E-state index in [2.05, 4.69) is 20.4 Å². The van der Waals surface area contributed by atoms with E-state index in [9.17, 15) is 9.18 Å². The summed E-state index contributed by atoms with van der Waals surface area (Å²) >= 11 is 0. The van der Waals surface area contributed by atoms with Gasteiger partial charge in [0, 0.05) is 18.1 Å². The summed E-state index contributed by atoms with van der Waals surface area (Å²) in [5.41, 5.74) is 2.36. The standard InChI is InChI=1S/C21H16FN5O2/c1-14-19(12-25-27(14)17-6-2-15(22)3-7-17)21(28)26-16-4-8-18(9-5-16)29-20-13-23-10-11-24-20/h2-13H,1H3,(H,26,28). The maximum atomic E-state index is 13.1. The number of nitrogens with zero attached hydrogens (tertiary/aromatic N) is 4. The van der Waals surface area contributed by atoms with Crippen molar-refractivity contribution < 1.29 is 13.9 Å². The average Bonchev–Trinajstić information content (AvgIpc) is 3.12. The number of anilines is 1. The molecule has 1 amide bonds. The highest BCUT2D eigenvalue weighted by molar-refractivity contribution is 6.05. The third-order valence-corrected chi connectivity index (χ3v) is 4.20. The summed E-state index contributed by atoms with van der Waals surface area (Å²) in [6.45, 7) is 1.78. The van der Waals surface area contributed by atoms with Gasteiger partial charge in [-0.1, -0.05) is 0 Å². The first-order chi connectivity index (χ1) is 14.1. The van der Waals surface area contributed by atoms with Crippen LogP contribution in [0.1, 0.15) is 16.1 Å². The van der Waals surface area contributed by atoms with E-state index in [1.165, 1.54) is 24.5 Å². The van der Waals surface area contributed by atoms with Gasteiger partial charge in [-0.3, -0.25) is 9.78 Å². The van der Waals surface area contributed by atoms with Crippen molar-refractivity contribution in [1.29, 1.82) is 0 Å². The van der Waals surface area contributed by atoms with Crippen LogP contribution in [0.25, 0.3) is 5.69 Å². The van der Waals surface area contributed by atoms with Crippen molar-refractivity contribution >= 4 is 11.6 Å². The zero-order valence-electron chi connectivity index (χ0n) is 15.4. The van der Waals surface area contributed by atoms with Gasteiger partial charge >= 0.3 is 0 Å². The number of rotatable bonds is 5. The Morgan fingerprint density at radius 1 is 1.03 bits per heavy atom. The fourth-order valence-corrected chi connectivity index (χ4v) is 2.74. The molecule has 0 aliphatic heterocycles. The number of benzene rings is 2. The second-order valence-electron chi connectivity index (χ2n) is 6.16. The van der Waals surface area contributed by atoms with Crippen LogP contribution in [0, 0.1) is 12.7 Å². The zero-order valence-corrected chi connectivity index (χ0v) is 15.4. The van der Waals surface area contributed by atoms with Crippen LogP contribution >= 0.6 is 0 Å². The fourth-order valence-electron chi connectivity index (χ4n) is 2.74. The van der Waals surface area contributed by atoms with E-state index in [0.29, 0.717) is 34.3 Å². The number of aromatic nitrogens is 4. The third kappa shape index (κ3) is 4.11. The van der Waals surface area contributed by atoms with Crippen molar-refractivity contribution in [2.75, 3.05) is 5.32 Å². The molecule has 29 heavy (non-hydrogen) atoms. The molecule has 0 unspecified atom stereocenters. The normalized spacial score (nSPS) is 10.6. The van der Waals surface area contributed by atoms with E-state index in [0.717, 1.165) is 0 Å². The summed E-state index contributed by atoms with van der Waals surface area (Å²) in [6.07, 6.45) is 6.10. The van der Waals surface area contributed by atoms with Gasteiger partial charge in [-0.05, 0) is 55.5 Å². The van der Waals surface area contributed by atoms with Crippen LogP contribution < -0.4 is 10.1 Å². The minimum Gasteiger partial charge on any atom is -0.438 e. The molecule has 0 fully saturated rings. The molecule has 0 radical (unpaired) electrons. The monoisotopic (exact) mass is 389 g/mol. The summed E-state index contributed by atoms with van der Waals surface area (Å²) in [4.78, 5) is 20.6. The van der Waals surface area contributed by atoms with Gasteiger partial charge in [0.05, 0.1) is 29.3 Å². The second-order valence-corrected chi connectivity index (χ2v) is 6.16. The topological polar surface area (TPSA) is 81.9 Å². The summed E-state index contributed by atoms with van der Waals surface area (Å²) in [5.74, 6) is 0.332. The average molecular weight is 389 g/mol. The van der Waals surface area contributed by atoms with Gasteiger partial charge in [0.15, 0.2) is 0 Å². The SMILES string of the molecule is Cc1c(C(=O)Nc2ccc(Oc3cnccn3)cc2)cnn1-c1ccc(F)cc1. The lowest BCUT2D eigenvalue weighted by Gasteiger charge is -2.08. The molecule has 0 atom stereocenters. The first kappa shape index (κ1) is 18.3. The van der Waals surface area contributed by atoms with Gasteiger partial charge < -0.3 is 10.1 Å². The molecule has 4 aromatic rings. The quantitative estimate of drug-likeness (QED) is 0.554. The predicted molar refractivity (Wildman–Crippen MR) is 105 cm³/mol. The van der Waals surface area contributed by atoms with Gasteiger partial charge in [-0.2, -0.15) is 5.10 Å². The third-order valence-electron chi connectivity index (χ3n) is 4.20. The molecule has 0 aliphatic carbocycles. The van der Waals surface area contributed by atoms with Crippen molar-refractivity contribution in [3.05, 3.63) is 90.4 Å². The van der Waals surface area contributed by atoms with E-state index < -0.39 is 0 Å². The summed E-state index contributed by atoms with van der Waals surface area (Å²) in [5, 5.41) is 7.07. The lowest BCUT2D eigenvalue weighted by molar-refractivity contribution is 0.102. The van der Waals surface area contributed by atoms with E-state index in [1.54, 1.807) is 60.4 Å². The van der Waals surface area contributed by atoms with E-state index >= 15 is 0 Å². The zero-order chi connectivity index (χ0) is 20.2. The highest BCUT2D eigenvalue weighted by Gasteiger charge is 2.15. The summed E-state index contributed by atoms with van der Waals surface area (Å²) in [7, 11) is 0. The molecule has 1 N–H and O–H groups in total. The van der Waals surface area contributed by atoms with Gasteiger partial charge in [-0.25, -0.2) is 14.1 Å². The minimum atomic E-state index is -0.330. The van der Waals surface area contributed by atoms with Crippen molar-refractivity contribution in [3.63, 3.8) is 0 Å². The Hall–Kier alpha value is -4.07. The molecular weight excluding hydrogens is 373 g/mol. The fraction of sp³-hybridized carbons (Fsp3) is 0.0476. The molecule has 144 valence electrons. The number of halogens is 1. The maximum absolute atomic E-state index is 13.1. The Bertz CT molecular complexity index is 1130. The predicted octanol–water partition coefficient (Wildman–Crippen LogP) is 4.15. The summed E-state index contributed by atoms with van der Waals surface area (Å²) in [6, 6.07) is 12.8.